The number of benzene rings is 1. The molecule has 1 aromatic heterocycles. The van der Waals surface area contributed by atoms with Crippen molar-refractivity contribution in [2.75, 3.05) is 13.1 Å². The minimum absolute atomic E-state index is 0.162. The SMILES string of the molecule is Cn1nc(CN2CC[C@@H](O)C2)c2ccccc21. The van der Waals surface area contributed by atoms with Crippen LogP contribution in [0.15, 0.2) is 24.3 Å². The van der Waals surface area contributed by atoms with E-state index in [-0.39, 0.29) is 6.10 Å². The van der Waals surface area contributed by atoms with E-state index < -0.39 is 0 Å². The van der Waals surface area contributed by atoms with Crippen LogP contribution in [0.5, 0.6) is 0 Å². The summed E-state index contributed by atoms with van der Waals surface area (Å²) >= 11 is 0. The molecule has 1 aromatic carbocycles. The molecule has 4 heteroatoms. The molecule has 0 radical (unpaired) electrons. The minimum Gasteiger partial charge on any atom is -0.392 e. The number of hydrogen-bond donors (Lipinski definition) is 1. The first-order chi connectivity index (χ1) is 8.24. The maximum atomic E-state index is 9.53. The number of likely N-dealkylation sites (tertiary alicyclic amines) is 1. The number of aliphatic hydroxyl groups is 1. The fourth-order valence-corrected chi connectivity index (χ4v) is 2.57. The van der Waals surface area contributed by atoms with Crippen LogP contribution < -0.4 is 0 Å². The van der Waals surface area contributed by atoms with E-state index in [0.717, 1.165) is 31.7 Å². The number of para-hydroxylation sites is 1. The van der Waals surface area contributed by atoms with Gasteiger partial charge < -0.3 is 5.11 Å². The highest BCUT2D eigenvalue weighted by atomic mass is 16.3. The quantitative estimate of drug-likeness (QED) is 0.842. The normalized spacial score (nSPS) is 21.4. The van der Waals surface area contributed by atoms with Crippen LogP contribution in [0.25, 0.3) is 10.9 Å². The molecule has 0 saturated carbocycles. The number of rotatable bonds is 2. The zero-order chi connectivity index (χ0) is 11.8. The molecule has 0 aliphatic carbocycles. The molecule has 1 N–H and O–H groups in total. The Hall–Kier alpha value is -1.39. The van der Waals surface area contributed by atoms with E-state index >= 15 is 0 Å². The Kier molecular flexibility index (Phi) is 2.61. The Morgan fingerprint density at radius 3 is 3.00 bits per heavy atom. The number of fused-ring (bicyclic) bond motifs is 1. The van der Waals surface area contributed by atoms with Gasteiger partial charge in [0, 0.05) is 32.1 Å². The number of aryl methyl sites for hydroxylation is 1. The summed E-state index contributed by atoms with van der Waals surface area (Å²) in [6.45, 7) is 2.56. The van der Waals surface area contributed by atoms with Gasteiger partial charge in [-0.1, -0.05) is 18.2 Å². The summed E-state index contributed by atoms with van der Waals surface area (Å²) in [5.74, 6) is 0. The third kappa shape index (κ3) is 1.94. The smallest absolute Gasteiger partial charge is 0.0843 e. The second kappa shape index (κ2) is 4.13. The lowest BCUT2D eigenvalue weighted by Gasteiger charge is -2.12. The number of aliphatic hydroxyl groups excluding tert-OH is 1. The van der Waals surface area contributed by atoms with Crippen molar-refractivity contribution in [3.05, 3.63) is 30.0 Å². The van der Waals surface area contributed by atoms with Crippen molar-refractivity contribution >= 4 is 10.9 Å². The van der Waals surface area contributed by atoms with Crippen LogP contribution in [0.3, 0.4) is 0 Å². The summed E-state index contributed by atoms with van der Waals surface area (Å²) in [5.41, 5.74) is 2.28. The second-order valence-electron chi connectivity index (χ2n) is 4.77. The van der Waals surface area contributed by atoms with Gasteiger partial charge in [-0.3, -0.25) is 9.58 Å². The molecular weight excluding hydrogens is 214 g/mol. The van der Waals surface area contributed by atoms with E-state index in [1.807, 2.05) is 23.9 Å². The van der Waals surface area contributed by atoms with E-state index in [2.05, 4.69) is 22.1 Å². The summed E-state index contributed by atoms with van der Waals surface area (Å²) in [6, 6.07) is 8.29. The van der Waals surface area contributed by atoms with Crippen molar-refractivity contribution < 1.29 is 5.11 Å². The standard InChI is InChI=1S/C13H17N3O/c1-15-13-5-3-2-4-11(13)12(14-15)9-16-7-6-10(17)8-16/h2-5,10,17H,6-9H2,1H3/t10-/m1/s1. The Morgan fingerprint density at radius 1 is 1.41 bits per heavy atom. The summed E-state index contributed by atoms with van der Waals surface area (Å²) < 4.78 is 1.93. The summed E-state index contributed by atoms with van der Waals surface area (Å²) in [4.78, 5) is 2.26. The molecule has 0 bridgehead atoms. The molecule has 1 atom stereocenters. The number of β-amino-alcohol motifs (C(OH)–C–C–N with tert-alkyl or cyclic N) is 1. The topological polar surface area (TPSA) is 41.3 Å². The summed E-state index contributed by atoms with van der Waals surface area (Å²) in [5, 5.41) is 15.3. The van der Waals surface area contributed by atoms with Crippen LogP contribution in [0.2, 0.25) is 0 Å². The van der Waals surface area contributed by atoms with Crippen molar-refractivity contribution in [1.29, 1.82) is 0 Å². The maximum absolute atomic E-state index is 9.53. The Balaban J connectivity index is 1.90. The van der Waals surface area contributed by atoms with E-state index in [9.17, 15) is 5.11 Å². The minimum atomic E-state index is -0.162. The van der Waals surface area contributed by atoms with Crippen molar-refractivity contribution in [2.45, 2.75) is 19.1 Å². The number of nitrogens with zero attached hydrogens (tertiary/aromatic N) is 3. The van der Waals surface area contributed by atoms with Gasteiger partial charge in [-0.05, 0) is 12.5 Å². The molecular formula is C13H17N3O. The number of aromatic nitrogens is 2. The molecule has 0 spiro atoms. The van der Waals surface area contributed by atoms with E-state index in [1.165, 1.54) is 10.9 Å². The third-order valence-corrected chi connectivity index (χ3v) is 3.46. The highest BCUT2D eigenvalue weighted by Crippen LogP contribution is 2.20. The molecule has 17 heavy (non-hydrogen) atoms. The fourth-order valence-electron chi connectivity index (χ4n) is 2.57. The zero-order valence-corrected chi connectivity index (χ0v) is 10.0. The highest BCUT2D eigenvalue weighted by Gasteiger charge is 2.21. The van der Waals surface area contributed by atoms with Crippen LogP contribution in [-0.4, -0.2) is 39.0 Å². The molecule has 4 nitrogen and oxygen atoms in total. The van der Waals surface area contributed by atoms with E-state index in [0.29, 0.717) is 0 Å². The predicted octanol–water partition coefficient (Wildman–Crippen LogP) is 1.14. The van der Waals surface area contributed by atoms with Gasteiger partial charge in [0.1, 0.15) is 0 Å². The summed E-state index contributed by atoms with van der Waals surface area (Å²) in [7, 11) is 1.98. The molecule has 0 unspecified atom stereocenters. The van der Waals surface area contributed by atoms with Crippen LogP contribution in [-0.2, 0) is 13.6 Å². The van der Waals surface area contributed by atoms with Crippen molar-refractivity contribution in [3.8, 4) is 0 Å². The predicted molar refractivity (Wildman–Crippen MR) is 66.6 cm³/mol. The first-order valence-corrected chi connectivity index (χ1v) is 6.05. The Labute approximate surface area is 100 Å². The average Bonchev–Trinajstić information content (AvgIpc) is 2.86. The van der Waals surface area contributed by atoms with Gasteiger partial charge in [0.2, 0.25) is 0 Å². The van der Waals surface area contributed by atoms with Crippen molar-refractivity contribution in [2.24, 2.45) is 7.05 Å². The lowest BCUT2D eigenvalue weighted by Crippen LogP contribution is -2.21. The van der Waals surface area contributed by atoms with Crippen molar-refractivity contribution in [3.63, 3.8) is 0 Å². The first kappa shape index (κ1) is 10.7. The summed E-state index contributed by atoms with van der Waals surface area (Å²) in [6.07, 6.45) is 0.718. The van der Waals surface area contributed by atoms with Gasteiger partial charge in [0.05, 0.1) is 17.3 Å². The molecule has 90 valence electrons. The molecule has 0 amide bonds. The molecule has 1 saturated heterocycles. The Bertz CT molecular complexity index is 534. The van der Waals surface area contributed by atoms with Crippen LogP contribution in [0.4, 0.5) is 0 Å². The second-order valence-corrected chi connectivity index (χ2v) is 4.77. The van der Waals surface area contributed by atoms with Gasteiger partial charge in [0.15, 0.2) is 0 Å². The molecule has 1 fully saturated rings. The Morgan fingerprint density at radius 2 is 2.24 bits per heavy atom. The average molecular weight is 231 g/mol. The first-order valence-electron chi connectivity index (χ1n) is 6.05. The molecule has 2 aromatic rings. The molecule has 1 aliphatic heterocycles. The van der Waals surface area contributed by atoms with E-state index in [1.54, 1.807) is 0 Å². The van der Waals surface area contributed by atoms with Crippen LogP contribution >= 0.6 is 0 Å². The lowest BCUT2D eigenvalue weighted by molar-refractivity contribution is 0.174. The van der Waals surface area contributed by atoms with Gasteiger partial charge in [0.25, 0.3) is 0 Å². The monoisotopic (exact) mass is 231 g/mol. The van der Waals surface area contributed by atoms with Gasteiger partial charge in [-0.15, -0.1) is 0 Å². The van der Waals surface area contributed by atoms with Crippen LogP contribution in [0, 0.1) is 0 Å². The number of hydrogen-bond acceptors (Lipinski definition) is 3. The fraction of sp³-hybridized carbons (Fsp3) is 0.462. The lowest BCUT2D eigenvalue weighted by atomic mass is 10.2. The largest absolute Gasteiger partial charge is 0.392 e. The molecule has 2 heterocycles. The third-order valence-electron chi connectivity index (χ3n) is 3.46. The van der Waals surface area contributed by atoms with Gasteiger partial charge in [-0.2, -0.15) is 5.10 Å². The van der Waals surface area contributed by atoms with Crippen LogP contribution in [0.1, 0.15) is 12.1 Å². The molecule has 1 aliphatic rings. The van der Waals surface area contributed by atoms with Crippen molar-refractivity contribution in [1.82, 2.24) is 14.7 Å². The maximum Gasteiger partial charge on any atom is 0.0843 e. The molecule has 3 rings (SSSR count). The van der Waals surface area contributed by atoms with E-state index in [4.69, 9.17) is 0 Å². The van der Waals surface area contributed by atoms with Gasteiger partial charge >= 0.3 is 0 Å². The van der Waals surface area contributed by atoms with Gasteiger partial charge in [-0.25, -0.2) is 0 Å². The zero-order valence-electron chi connectivity index (χ0n) is 10.0. The highest BCUT2D eigenvalue weighted by molar-refractivity contribution is 5.81.